The van der Waals surface area contributed by atoms with Crippen molar-refractivity contribution in [1.82, 2.24) is 19.1 Å². The zero-order valence-corrected chi connectivity index (χ0v) is 24.1. The molecule has 0 radical (unpaired) electrons. The van der Waals surface area contributed by atoms with Crippen molar-refractivity contribution in [1.29, 1.82) is 0 Å². The van der Waals surface area contributed by atoms with Crippen molar-refractivity contribution in [3.05, 3.63) is 146 Å². The molecular weight excluding hydrogens is 552 g/mol. The van der Waals surface area contributed by atoms with Crippen LogP contribution in [-0.2, 0) is 0 Å². The molecule has 5 heteroatoms. The molecule has 0 fully saturated rings. The van der Waals surface area contributed by atoms with Gasteiger partial charge in [-0.05, 0) is 66.7 Å². The molecule has 0 aliphatic rings. The number of para-hydroxylation sites is 4. The fourth-order valence-corrected chi connectivity index (χ4v) is 7.09. The summed E-state index contributed by atoms with van der Waals surface area (Å²) in [5.41, 5.74) is 9.29. The minimum Gasteiger partial charge on any atom is -0.456 e. The van der Waals surface area contributed by atoms with Crippen LogP contribution in [0.4, 0.5) is 0 Å². The second kappa shape index (κ2) is 9.15. The summed E-state index contributed by atoms with van der Waals surface area (Å²) >= 11 is 0. The number of benzene rings is 6. The highest BCUT2D eigenvalue weighted by atomic mass is 16.3. The molecule has 0 saturated carbocycles. The predicted octanol–water partition coefficient (Wildman–Crippen LogP) is 10.2. The fourth-order valence-electron chi connectivity index (χ4n) is 7.09. The van der Waals surface area contributed by atoms with E-state index in [0.717, 1.165) is 49.9 Å². The lowest BCUT2D eigenvalue weighted by atomic mass is 10.1. The van der Waals surface area contributed by atoms with E-state index in [1.54, 1.807) is 0 Å². The first-order valence-electron chi connectivity index (χ1n) is 15.1. The number of rotatable bonds is 3. The summed E-state index contributed by atoms with van der Waals surface area (Å²) in [5, 5.41) is 7.01. The summed E-state index contributed by atoms with van der Waals surface area (Å²) in [7, 11) is 0. The Balaban J connectivity index is 1.25. The monoisotopic (exact) mass is 576 g/mol. The van der Waals surface area contributed by atoms with E-state index < -0.39 is 0 Å². The Hall–Kier alpha value is -6.20. The van der Waals surface area contributed by atoms with Crippen LogP contribution in [0.2, 0.25) is 0 Å². The average molecular weight is 577 g/mol. The van der Waals surface area contributed by atoms with E-state index in [1.807, 2.05) is 36.5 Å². The van der Waals surface area contributed by atoms with Gasteiger partial charge in [-0.1, -0.05) is 72.8 Å². The minimum absolute atomic E-state index is 0.641. The van der Waals surface area contributed by atoms with Crippen LogP contribution in [-0.4, -0.2) is 19.1 Å². The van der Waals surface area contributed by atoms with E-state index in [9.17, 15) is 0 Å². The first-order valence-corrected chi connectivity index (χ1v) is 15.1. The van der Waals surface area contributed by atoms with Gasteiger partial charge in [0.05, 0.1) is 27.8 Å². The summed E-state index contributed by atoms with van der Waals surface area (Å²) < 4.78 is 10.6. The van der Waals surface area contributed by atoms with Crippen LogP contribution in [0.1, 0.15) is 0 Å². The van der Waals surface area contributed by atoms with E-state index in [0.29, 0.717) is 5.95 Å². The van der Waals surface area contributed by atoms with Gasteiger partial charge < -0.3 is 8.98 Å². The molecule has 0 unspecified atom stereocenters. The Morgan fingerprint density at radius 2 is 1.09 bits per heavy atom. The van der Waals surface area contributed by atoms with Gasteiger partial charge in [0.25, 0.3) is 0 Å². The Labute approximate surface area is 257 Å². The maximum absolute atomic E-state index is 6.08. The Kier molecular flexibility index (Phi) is 4.93. The number of hydrogen-bond acceptors (Lipinski definition) is 3. The Morgan fingerprint density at radius 1 is 0.467 bits per heavy atom. The van der Waals surface area contributed by atoms with Crippen molar-refractivity contribution in [2.75, 3.05) is 0 Å². The number of hydrogen-bond donors (Lipinski definition) is 0. The maximum atomic E-state index is 6.08. The topological polar surface area (TPSA) is 48.8 Å². The molecule has 0 N–H and O–H groups in total. The third kappa shape index (κ3) is 3.43. The van der Waals surface area contributed by atoms with Gasteiger partial charge in [0.2, 0.25) is 5.95 Å². The van der Waals surface area contributed by atoms with Crippen molar-refractivity contribution in [2.45, 2.75) is 0 Å². The van der Waals surface area contributed by atoms with Gasteiger partial charge in [-0.15, -0.1) is 0 Å². The van der Waals surface area contributed by atoms with E-state index in [1.165, 1.54) is 32.6 Å². The molecule has 0 aliphatic carbocycles. The van der Waals surface area contributed by atoms with Crippen LogP contribution < -0.4 is 0 Å². The maximum Gasteiger partial charge on any atom is 0.235 e. The van der Waals surface area contributed by atoms with Gasteiger partial charge in [0.15, 0.2) is 0 Å². The molecule has 10 rings (SSSR count). The number of fused-ring (bicyclic) bond motifs is 10. The van der Waals surface area contributed by atoms with Crippen LogP contribution in [0.3, 0.4) is 0 Å². The molecule has 0 spiro atoms. The van der Waals surface area contributed by atoms with Gasteiger partial charge in [-0.25, -0.2) is 9.97 Å². The molecule has 210 valence electrons. The summed E-state index contributed by atoms with van der Waals surface area (Å²) in [6.07, 6.45) is 1.86. The molecule has 10 aromatic rings. The smallest absolute Gasteiger partial charge is 0.235 e. The lowest BCUT2D eigenvalue weighted by Gasteiger charge is -2.09. The molecule has 0 saturated heterocycles. The predicted molar refractivity (Wildman–Crippen MR) is 183 cm³/mol. The van der Waals surface area contributed by atoms with Crippen molar-refractivity contribution >= 4 is 65.6 Å². The highest BCUT2D eigenvalue weighted by molar-refractivity contribution is 6.28. The summed E-state index contributed by atoms with van der Waals surface area (Å²) in [6.45, 7) is 0. The first kappa shape index (κ1) is 24.3. The van der Waals surface area contributed by atoms with E-state index >= 15 is 0 Å². The average Bonchev–Trinajstić information content (AvgIpc) is 3.76. The summed E-state index contributed by atoms with van der Waals surface area (Å²) in [6, 6.07) is 48.7. The van der Waals surface area contributed by atoms with E-state index in [-0.39, 0.29) is 0 Å². The van der Waals surface area contributed by atoms with Crippen LogP contribution in [0, 0.1) is 0 Å². The third-order valence-electron chi connectivity index (χ3n) is 9.00. The van der Waals surface area contributed by atoms with E-state index in [2.05, 4.69) is 118 Å². The second-order valence-electron chi connectivity index (χ2n) is 11.4. The highest BCUT2D eigenvalue weighted by Gasteiger charge is 2.21. The van der Waals surface area contributed by atoms with Crippen LogP contribution >= 0.6 is 0 Å². The standard InChI is InChI=1S/C40H24N4O/c1-2-10-26(11-3-1)43-32-15-7-4-13-28(32)38-34(43)19-20-35-39(38)29-14-5-8-16-33(29)44(35)40-41-23-22-31(42-40)25-18-21-37-30(24-25)27-12-6-9-17-36(27)45-37/h1-24H. The molecule has 5 nitrogen and oxygen atoms in total. The number of nitrogens with zero attached hydrogens (tertiary/aromatic N) is 4. The van der Waals surface area contributed by atoms with E-state index in [4.69, 9.17) is 14.4 Å². The first-order chi connectivity index (χ1) is 22.3. The van der Waals surface area contributed by atoms with Crippen LogP contribution in [0.5, 0.6) is 0 Å². The Morgan fingerprint density at radius 3 is 1.87 bits per heavy atom. The summed E-state index contributed by atoms with van der Waals surface area (Å²) in [4.78, 5) is 10.0. The lowest BCUT2D eigenvalue weighted by Crippen LogP contribution is -2.01. The van der Waals surface area contributed by atoms with Crippen LogP contribution in [0.25, 0.3) is 88.4 Å². The third-order valence-corrected chi connectivity index (χ3v) is 9.00. The molecular formula is C40H24N4O. The molecule has 4 heterocycles. The van der Waals surface area contributed by atoms with Gasteiger partial charge in [-0.3, -0.25) is 4.57 Å². The van der Waals surface area contributed by atoms with Crippen molar-refractivity contribution in [2.24, 2.45) is 0 Å². The fraction of sp³-hybridized carbons (Fsp3) is 0. The van der Waals surface area contributed by atoms with Crippen molar-refractivity contribution in [3.8, 4) is 22.9 Å². The molecule has 0 aliphatic heterocycles. The zero-order valence-electron chi connectivity index (χ0n) is 24.1. The highest BCUT2D eigenvalue weighted by Crippen LogP contribution is 2.42. The van der Waals surface area contributed by atoms with Crippen molar-refractivity contribution in [3.63, 3.8) is 0 Å². The van der Waals surface area contributed by atoms with Gasteiger partial charge >= 0.3 is 0 Å². The molecule has 45 heavy (non-hydrogen) atoms. The van der Waals surface area contributed by atoms with Crippen molar-refractivity contribution < 1.29 is 4.42 Å². The number of aromatic nitrogens is 4. The largest absolute Gasteiger partial charge is 0.456 e. The van der Waals surface area contributed by atoms with Gasteiger partial charge in [0, 0.05) is 49.8 Å². The Bertz CT molecular complexity index is 2770. The molecule has 0 atom stereocenters. The second-order valence-corrected chi connectivity index (χ2v) is 11.4. The molecule has 4 aromatic heterocycles. The SMILES string of the molecule is c1ccc(-n2c3ccccc3c3c4c5ccccc5n(-c5nccc(-c6ccc7oc8ccccc8c7c6)n5)c4ccc32)cc1. The van der Waals surface area contributed by atoms with Crippen LogP contribution in [0.15, 0.2) is 150 Å². The normalized spacial score (nSPS) is 12.0. The van der Waals surface area contributed by atoms with Gasteiger partial charge in [0.1, 0.15) is 11.2 Å². The summed E-state index contributed by atoms with van der Waals surface area (Å²) in [5.74, 6) is 0.641. The van der Waals surface area contributed by atoms with Gasteiger partial charge in [-0.2, -0.15) is 0 Å². The molecule has 0 bridgehead atoms. The quantitative estimate of drug-likeness (QED) is 0.210. The molecule has 0 amide bonds. The zero-order chi connectivity index (χ0) is 29.5. The lowest BCUT2D eigenvalue weighted by molar-refractivity contribution is 0.669. The number of furan rings is 1. The molecule has 6 aromatic carbocycles. The minimum atomic E-state index is 0.641.